The first-order valence-electron chi connectivity index (χ1n) is 5.75. The van der Waals surface area contributed by atoms with E-state index in [2.05, 4.69) is 5.32 Å². The second kappa shape index (κ2) is 5.13. The Bertz CT molecular complexity index is 615. The molecule has 2 rings (SSSR count). The van der Waals surface area contributed by atoms with Gasteiger partial charge in [-0.3, -0.25) is 0 Å². The van der Waals surface area contributed by atoms with Crippen LogP contribution in [0.25, 0.3) is 0 Å². The molecule has 0 bridgehead atoms. The summed E-state index contributed by atoms with van der Waals surface area (Å²) < 4.78 is 49.6. The zero-order valence-electron chi connectivity index (χ0n) is 9.99. The van der Waals surface area contributed by atoms with Crippen molar-refractivity contribution in [1.82, 2.24) is 0 Å². The number of sulfone groups is 1. The molecule has 1 aromatic rings. The van der Waals surface area contributed by atoms with Crippen LogP contribution in [0.5, 0.6) is 0 Å². The van der Waals surface area contributed by atoms with Gasteiger partial charge in [-0.2, -0.15) is 5.26 Å². The largest absolute Gasteiger partial charge is 0.380 e. The Balaban J connectivity index is 2.07. The average molecular weight is 286 g/mol. The Hall–Kier alpha value is -1.68. The van der Waals surface area contributed by atoms with Gasteiger partial charge in [0.2, 0.25) is 0 Å². The van der Waals surface area contributed by atoms with Crippen LogP contribution in [-0.4, -0.2) is 26.5 Å². The number of anilines is 1. The topological polar surface area (TPSA) is 70.0 Å². The van der Waals surface area contributed by atoms with Crippen LogP contribution in [0, 0.1) is 28.9 Å². The maximum Gasteiger partial charge on any atom is 0.150 e. The van der Waals surface area contributed by atoms with E-state index in [1.54, 1.807) is 6.07 Å². The fourth-order valence-electron chi connectivity index (χ4n) is 2.09. The molecule has 1 aliphatic rings. The second-order valence-electron chi connectivity index (χ2n) is 4.58. The van der Waals surface area contributed by atoms with E-state index in [0.29, 0.717) is 6.42 Å². The summed E-state index contributed by atoms with van der Waals surface area (Å²) >= 11 is 0. The average Bonchev–Trinajstić information content (AvgIpc) is 2.67. The number of nitriles is 1. The monoisotopic (exact) mass is 286 g/mol. The van der Waals surface area contributed by atoms with Crippen molar-refractivity contribution in [2.75, 3.05) is 23.4 Å². The first-order chi connectivity index (χ1) is 8.91. The predicted octanol–water partition coefficient (Wildman–Crippen LogP) is 1.68. The van der Waals surface area contributed by atoms with Crippen molar-refractivity contribution in [3.63, 3.8) is 0 Å². The summed E-state index contributed by atoms with van der Waals surface area (Å²) in [6.07, 6.45) is 0.495. The summed E-state index contributed by atoms with van der Waals surface area (Å²) in [5.74, 6) is -1.67. The van der Waals surface area contributed by atoms with Crippen LogP contribution in [0.4, 0.5) is 14.5 Å². The summed E-state index contributed by atoms with van der Waals surface area (Å²) in [4.78, 5) is 0. The molecule has 19 heavy (non-hydrogen) atoms. The van der Waals surface area contributed by atoms with E-state index < -0.39 is 21.5 Å². The quantitative estimate of drug-likeness (QED) is 0.918. The minimum absolute atomic E-state index is 0.0412. The van der Waals surface area contributed by atoms with Crippen LogP contribution in [0.15, 0.2) is 12.1 Å². The van der Waals surface area contributed by atoms with E-state index in [-0.39, 0.29) is 35.2 Å². The summed E-state index contributed by atoms with van der Waals surface area (Å²) in [7, 11) is -3.00. The molecule has 0 amide bonds. The zero-order chi connectivity index (χ0) is 14.0. The molecule has 0 aliphatic carbocycles. The lowest BCUT2D eigenvalue weighted by Crippen LogP contribution is -2.17. The van der Waals surface area contributed by atoms with Gasteiger partial charge in [-0.25, -0.2) is 17.2 Å². The number of nitrogens with one attached hydrogen (secondary N) is 1. The van der Waals surface area contributed by atoms with Crippen molar-refractivity contribution in [2.45, 2.75) is 6.42 Å². The number of benzene rings is 1. The predicted molar refractivity (Wildman–Crippen MR) is 66.3 cm³/mol. The van der Waals surface area contributed by atoms with Gasteiger partial charge in [0, 0.05) is 6.54 Å². The minimum atomic E-state index is -3.00. The van der Waals surface area contributed by atoms with Crippen molar-refractivity contribution in [3.05, 3.63) is 29.3 Å². The molecule has 0 spiro atoms. The number of hydrogen-bond acceptors (Lipinski definition) is 4. The normalized spacial score (nSPS) is 21.0. The fourth-order valence-corrected chi connectivity index (χ4v) is 3.95. The number of rotatable bonds is 3. The summed E-state index contributed by atoms with van der Waals surface area (Å²) in [6.45, 7) is 0.193. The number of nitrogens with zero attached hydrogens (tertiary/aromatic N) is 1. The van der Waals surface area contributed by atoms with Crippen LogP contribution in [-0.2, 0) is 9.84 Å². The minimum Gasteiger partial charge on any atom is -0.380 e. The van der Waals surface area contributed by atoms with Crippen LogP contribution in [0.2, 0.25) is 0 Å². The highest BCUT2D eigenvalue weighted by atomic mass is 32.2. The van der Waals surface area contributed by atoms with E-state index in [9.17, 15) is 17.2 Å². The molecule has 0 unspecified atom stereocenters. The number of halogens is 2. The Morgan fingerprint density at radius 3 is 2.47 bits per heavy atom. The van der Waals surface area contributed by atoms with Gasteiger partial charge in [0.05, 0.1) is 23.1 Å². The Labute approximate surface area is 110 Å². The summed E-state index contributed by atoms with van der Waals surface area (Å²) in [5, 5.41) is 11.2. The molecular weight excluding hydrogens is 274 g/mol. The van der Waals surface area contributed by atoms with Crippen molar-refractivity contribution >= 4 is 15.5 Å². The summed E-state index contributed by atoms with van der Waals surface area (Å²) in [5.41, 5.74) is -0.410. The molecule has 1 fully saturated rings. The summed E-state index contributed by atoms with van der Waals surface area (Å²) in [6, 6.07) is 3.54. The third kappa shape index (κ3) is 3.20. The van der Waals surface area contributed by atoms with E-state index in [1.165, 1.54) is 0 Å². The first-order valence-corrected chi connectivity index (χ1v) is 7.57. The van der Waals surface area contributed by atoms with Crippen molar-refractivity contribution < 1.29 is 17.2 Å². The molecule has 4 nitrogen and oxygen atoms in total. The van der Waals surface area contributed by atoms with Gasteiger partial charge in [0.25, 0.3) is 0 Å². The SMILES string of the molecule is N#Cc1cc(F)c(NC[C@H]2CCS(=O)(=O)C2)c(F)c1. The van der Waals surface area contributed by atoms with Crippen molar-refractivity contribution in [2.24, 2.45) is 5.92 Å². The highest BCUT2D eigenvalue weighted by Crippen LogP contribution is 2.23. The standard InChI is InChI=1S/C12H12F2N2O2S/c13-10-3-9(5-15)4-11(14)12(10)16-6-8-1-2-19(17,18)7-8/h3-4,8,16H,1-2,6-7H2/t8-/m1/s1. The van der Waals surface area contributed by atoms with Gasteiger partial charge < -0.3 is 5.32 Å². The van der Waals surface area contributed by atoms with Crippen molar-refractivity contribution in [1.29, 1.82) is 5.26 Å². The molecule has 0 saturated carbocycles. The maximum atomic E-state index is 13.6. The highest BCUT2D eigenvalue weighted by molar-refractivity contribution is 7.91. The van der Waals surface area contributed by atoms with Gasteiger partial charge >= 0.3 is 0 Å². The van der Waals surface area contributed by atoms with E-state index in [1.807, 2.05) is 0 Å². The highest BCUT2D eigenvalue weighted by Gasteiger charge is 2.28. The molecule has 1 atom stereocenters. The molecule has 1 heterocycles. The lowest BCUT2D eigenvalue weighted by molar-refractivity contribution is 0.575. The zero-order valence-corrected chi connectivity index (χ0v) is 10.8. The van der Waals surface area contributed by atoms with Gasteiger partial charge in [-0.05, 0) is 24.5 Å². The second-order valence-corrected chi connectivity index (χ2v) is 6.81. The van der Waals surface area contributed by atoms with Crippen LogP contribution in [0.3, 0.4) is 0 Å². The number of hydrogen-bond donors (Lipinski definition) is 1. The molecule has 7 heteroatoms. The van der Waals surface area contributed by atoms with E-state index >= 15 is 0 Å². The molecule has 1 N–H and O–H groups in total. The fraction of sp³-hybridized carbons (Fsp3) is 0.417. The molecule has 0 aromatic heterocycles. The van der Waals surface area contributed by atoms with Gasteiger partial charge in [0.15, 0.2) is 21.5 Å². The van der Waals surface area contributed by atoms with Crippen LogP contribution >= 0.6 is 0 Å². The maximum absolute atomic E-state index is 13.6. The molecule has 1 aliphatic heterocycles. The third-order valence-corrected chi connectivity index (χ3v) is 4.90. The molecule has 1 aromatic carbocycles. The third-order valence-electron chi connectivity index (χ3n) is 3.07. The molecule has 102 valence electrons. The van der Waals surface area contributed by atoms with Gasteiger partial charge in [-0.15, -0.1) is 0 Å². The van der Waals surface area contributed by atoms with Gasteiger partial charge in [0.1, 0.15) is 5.69 Å². The van der Waals surface area contributed by atoms with E-state index in [0.717, 1.165) is 12.1 Å². The Kier molecular flexibility index (Phi) is 3.71. The molecular formula is C12H12F2N2O2S. The molecule has 0 radical (unpaired) electrons. The van der Waals surface area contributed by atoms with Gasteiger partial charge in [-0.1, -0.05) is 0 Å². The van der Waals surface area contributed by atoms with Crippen molar-refractivity contribution in [3.8, 4) is 6.07 Å². The lowest BCUT2D eigenvalue weighted by Gasteiger charge is -2.12. The van der Waals surface area contributed by atoms with Crippen LogP contribution < -0.4 is 5.32 Å². The lowest BCUT2D eigenvalue weighted by atomic mass is 10.1. The molecule has 1 saturated heterocycles. The Morgan fingerprint density at radius 1 is 1.37 bits per heavy atom. The smallest absolute Gasteiger partial charge is 0.150 e. The van der Waals surface area contributed by atoms with E-state index in [4.69, 9.17) is 5.26 Å². The first kappa shape index (κ1) is 13.7. The Morgan fingerprint density at radius 2 is 2.00 bits per heavy atom. The van der Waals surface area contributed by atoms with Crippen LogP contribution in [0.1, 0.15) is 12.0 Å².